The summed E-state index contributed by atoms with van der Waals surface area (Å²) in [7, 11) is 1.90. The monoisotopic (exact) mass is 313 g/mol. The maximum absolute atomic E-state index is 12.2. The van der Waals surface area contributed by atoms with E-state index >= 15 is 0 Å². The molecular formula is C13H16BrNOS. The third-order valence-corrected chi connectivity index (χ3v) is 4.62. The van der Waals surface area contributed by atoms with E-state index in [1.54, 1.807) is 11.3 Å². The molecule has 1 amide bonds. The van der Waals surface area contributed by atoms with Gasteiger partial charge in [0.1, 0.15) is 0 Å². The number of allylic oxidation sites excluding steroid dienone is 2. The van der Waals surface area contributed by atoms with Gasteiger partial charge in [-0.2, -0.15) is 0 Å². The minimum absolute atomic E-state index is 0.188. The number of hydrogen-bond donors (Lipinski definition) is 0. The highest BCUT2D eigenvalue weighted by Crippen LogP contribution is 2.25. The summed E-state index contributed by atoms with van der Waals surface area (Å²) < 4.78 is 1.12. The summed E-state index contributed by atoms with van der Waals surface area (Å²) in [6, 6.07) is 4.10. The van der Waals surface area contributed by atoms with Gasteiger partial charge in [0.25, 0.3) is 0 Å². The second kappa shape index (κ2) is 5.83. The van der Waals surface area contributed by atoms with E-state index < -0.39 is 0 Å². The van der Waals surface area contributed by atoms with Gasteiger partial charge in [-0.1, -0.05) is 12.2 Å². The van der Waals surface area contributed by atoms with Crippen molar-refractivity contribution in [3.63, 3.8) is 0 Å². The van der Waals surface area contributed by atoms with Crippen molar-refractivity contribution in [2.75, 3.05) is 7.05 Å². The van der Waals surface area contributed by atoms with Crippen LogP contribution in [0, 0.1) is 5.92 Å². The van der Waals surface area contributed by atoms with Crippen LogP contribution in [-0.4, -0.2) is 17.9 Å². The zero-order valence-electron chi connectivity index (χ0n) is 9.86. The molecule has 0 fully saturated rings. The molecular weight excluding hydrogens is 298 g/mol. The summed E-state index contributed by atoms with van der Waals surface area (Å²) in [6.45, 7) is 0.718. The standard InChI is InChI=1S/C13H16BrNOS/c1-15(9-11-7-8-12(14)17-11)13(16)10-5-3-2-4-6-10/h2-3,7-8,10H,4-6,9H2,1H3. The maximum Gasteiger partial charge on any atom is 0.226 e. The summed E-state index contributed by atoms with van der Waals surface area (Å²) in [5.74, 6) is 0.465. The van der Waals surface area contributed by atoms with Gasteiger partial charge in [0.15, 0.2) is 0 Å². The first-order chi connectivity index (χ1) is 8.16. The molecule has 1 unspecified atom stereocenters. The lowest BCUT2D eigenvalue weighted by molar-refractivity contribution is -0.134. The Kier molecular flexibility index (Phi) is 4.40. The maximum atomic E-state index is 12.2. The number of thiophene rings is 1. The topological polar surface area (TPSA) is 20.3 Å². The van der Waals surface area contributed by atoms with Crippen LogP contribution in [0.2, 0.25) is 0 Å². The Morgan fingerprint density at radius 3 is 2.94 bits per heavy atom. The lowest BCUT2D eigenvalue weighted by Crippen LogP contribution is -2.32. The second-order valence-electron chi connectivity index (χ2n) is 4.38. The van der Waals surface area contributed by atoms with Crippen LogP contribution in [0.5, 0.6) is 0 Å². The zero-order chi connectivity index (χ0) is 12.3. The van der Waals surface area contributed by atoms with Crippen LogP contribution in [0.3, 0.4) is 0 Å². The molecule has 0 saturated heterocycles. The molecule has 2 rings (SSSR count). The third kappa shape index (κ3) is 3.42. The number of carbonyl (C=O) groups is 1. The highest BCUT2D eigenvalue weighted by Gasteiger charge is 2.22. The summed E-state index contributed by atoms with van der Waals surface area (Å²) in [5, 5.41) is 0. The molecule has 92 valence electrons. The Hall–Kier alpha value is -0.610. The van der Waals surface area contributed by atoms with Crippen LogP contribution in [0.4, 0.5) is 0 Å². The van der Waals surface area contributed by atoms with Crippen LogP contribution >= 0.6 is 27.3 Å². The van der Waals surface area contributed by atoms with E-state index in [0.29, 0.717) is 0 Å². The Morgan fingerprint density at radius 1 is 1.53 bits per heavy atom. The van der Waals surface area contributed by atoms with Gasteiger partial charge in [0.2, 0.25) is 5.91 Å². The van der Waals surface area contributed by atoms with E-state index in [4.69, 9.17) is 0 Å². The highest BCUT2D eigenvalue weighted by atomic mass is 79.9. The minimum Gasteiger partial charge on any atom is -0.340 e. The quantitative estimate of drug-likeness (QED) is 0.777. The molecule has 2 nitrogen and oxygen atoms in total. The lowest BCUT2D eigenvalue weighted by atomic mass is 9.93. The van der Waals surface area contributed by atoms with E-state index in [1.807, 2.05) is 18.0 Å². The molecule has 1 atom stereocenters. The molecule has 0 N–H and O–H groups in total. The van der Waals surface area contributed by atoms with Gasteiger partial charge in [-0.3, -0.25) is 4.79 Å². The molecule has 0 saturated carbocycles. The van der Waals surface area contributed by atoms with E-state index in [1.165, 1.54) is 4.88 Å². The average molecular weight is 314 g/mol. The van der Waals surface area contributed by atoms with Crippen molar-refractivity contribution < 1.29 is 4.79 Å². The molecule has 17 heavy (non-hydrogen) atoms. The summed E-state index contributed by atoms with van der Waals surface area (Å²) in [4.78, 5) is 15.3. The van der Waals surface area contributed by atoms with Gasteiger partial charge >= 0.3 is 0 Å². The van der Waals surface area contributed by atoms with Gasteiger partial charge in [0.05, 0.1) is 10.3 Å². The lowest BCUT2D eigenvalue weighted by Gasteiger charge is -2.24. The number of halogens is 1. The van der Waals surface area contributed by atoms with Gasteiger partial charge in [0, 0.05) is 17.8 Å². The van der Waals surface area contributed by atoms with Crippen LogP contribution < -0.4 is 0 Å². The van der Waals surface area contributed by atoms with Gasteiger partial charge in [-0.05, 0) is 47.3 Å². The first-order valence-corrected chi connectivity index (χ1v) is 7.42. The molecule has 1 aliphatic carbocycles. The molecule has 0 aromatic carbocycles. The summed E-state index contributed by atoms with van der Waals surface area (Å²) >= 11 is 5.13. The summed E-state index contributed by atoms with van der Waals surface area (Å²) in [5.41, 5.74) is 0. The van der Waals surface area contributed by atoms with Crippen molar-refractivity contribution in [3.8, 4) is 0 Å². The normalized spacial score (nSPS) is 19.3. The fraction of sp³-hybridized carbons (Fsp3) is 0.462. The number of nitrogens with zero attached hydrogens (tertiary/aromatic N) is 1. The predicted molar refractivity (Wildman–Crippen MR) is 75.0 cm³/mol. The van der Waals surface area contributed by atoms with Crippen molar-refractivity contribution >= 4 is 33.2 Å². The van der Waals surface area contributed by atoms with Crippen molar-refractivity contribution in [1.29, 1.82) is 0 Å². The second-order valence-corrected chi connectivity index (χ2v) is 6.93. The molecule has 1 aliphatic rings. The first kappa shape index (κ1) is 12.8. The Labute approximate surface area is 114 Å². The van der Waals surface area contributed by atoms with Crippen molar-refractivity contribution in [2.24, 2.45) is 5.92 Å². The van der Waals surface area contributed by atoms with Crippen LogP contribution in [0.25, 0.3) is 0 Å². The third-order valence-electron chi connectivity index (χ3n) is 3.02. The Bertz CT molecular complexity index is 427. The molecule has 0 radical (unpaired) electrons. The largest absolute Gasteiger partial charge is 0.340 e. The van der Waals surface area contributed by atoms with Crippen molar-refractivity contribution in [1.82, 2.24) is 4.90 Å². The summed E-state index contributed by atoms with van der Waals surface area (Å²) in [6.07, 6.45) is 7.22. The van der Waals surface area contributed by atoms with Gasteiger partial charge < -0.3 is 4.90 Å². The Morgan fingerprint density at radius 2 is 2.35 bits per heavy atom. The molecule has 4 heteroatoms. The van der Waals surface area contributed by atoms with Gasteiger partial charge in [-0.25, -0.2) is 0 Å². The molecule has 0 spiro atoms. The fourth-order valence-electron chi connectivity index (χ4n) is 2.08. The van der Waals surface area contributed by atoms with E-state index in [9.17, 15) is 4.79 Å². The van der Waals surface area contributed by atoms with Crippen LogP contribution in [-0.2, 0) is 11.3 Å². The zero-order valence-corrected chi connectivity index (χ0v) is 12.3. The van der Waals surface area contributed by atoms with Crippen molar-refractivity contribution in [2.45, 2.75) is 25.8 Å². The van der Waals surface area contributed by atoms with Crippen LogP contribution in [0.15, 0.2) is 28.1 Å². The highest BCUT2D eigenvalue weighted by molar-refractivity contribution is 9.11. The number of hydrogen-bond acceptors (Lipinski definition) is 2. The van der Waals surface area contributed by atoms with Crippen LogP contribution in [0.1, 0.15) is 24.1 Å². The van der Waals surface area contributed by atoms with E-state index in [-0.39, 0.29) is 11.8 Å². The fourth-order valence-corrected chi connectivity index (χ4v) is 3.61. The smallest absolute Gasteiger partial charge is 0.226 e. The van der Waals surface area contributed by atoms with Gasteiger partial charge in [-0.15, -0.1) is 11.3 Å². The van der Waals surface area contributed by atoms with E-state index in [0.717, 1.165) is 29.6 Å². The molecule has 0 aliphatic heterocycles. The Balaban J connectivity index is 1.93. The molecule has 1 aromatic heterocycles. The van der Waals surface area contributed by atoms with E-state index in [2.05, 4.69) is 34.1 Å². The SMILES string of the molecule is CN(Cc1ccc(Br)s1)C(=O)C1CC=CCC1. The number of amides is 1. The predicted octanol–water partition coefficient (Wildman–Crippen LogP) is 3.83. The molecule has 0 bridgehead atoms. The molecule has 1 aromatic rings. The minimum atomic E-state index is 0.188. The average Bonchev–Trinajstić information content (AvgIpc) is 2.75. The number of rotatable bonds is 3. The number of carbonyl (C=O) groups excluding carboxylic acids is 1. The first-order valence-electron chi connectivity index (χ1n) is 5.81. The van der Waals surface area contributed by atoms with Crippen molar-refractivity contribution in [3.05, 3.63) is 32.9 Å². The molecule has 1 heterocycles.